The Bertz CT molecular complexity index is 1070. The van der Waals surface area contributed by atoms with E-state index in [4.69, 9.17) is 16.3 Å². The van der Waals surface area contributed by atoms with E-state index in [0.717, 1.165) is 11.8 Å². The van der Waals surface area contributed by atoms with Crippen molar-refractivity contribution >= 4 is 21.6 Å². The van der Waals surface area contributed by atoms with E-state index in [-0.39, 0.29) is 6.04 Å². The molecule has 2 N–H and O–H groups in total. The molecule has 0 fully saturated rings. The molecule has 2 aromatic carbocycles. The lowest BCUT2D eigenvalue weighted by atomic mass is 9.99. The number of ether oxygens (including phenoxy) is 1. The highest BCUT2D eigenvalue weighted by molar-refractivity contribution is 7.88. The van der Waals surface area contributed by atoms with Crippen LogP contribution in [-0.2, 0) is 10.0 Å². The molecule has 1 heterocycles. The number of hydrogen-bond donors (Lipinski definition) is 2. The van der Waals surface area contributed by atoms with Crippen molar-refractivity contribution in [3.63, 3.8) is 0 Å². The molecule has 0 saturated carbocycles. The van der Waals surface area contributed by atoms with Gasteiger partial charge in [0.05, 0.1) is 6.26 Å². The van der Waals surface area contributed by atoms with Gasteiger partial charge in [0.25, 0.3) is 0 Å². The maximum atomic E-state index is 11.4. The summed E-state index contributed by atoms with van der Waals surface area (Å²) < 4.78 is 31.1. The average Bonchev–Trinajstić information content (AvgIpc) is 2.68. The summed E-state index contributed by atoms with van der Waals surface area (Å²) in [5.41, 5.74) is 1.93. The van der Waals surface area contributed by atoms with Gasteiger partial charge >= 0.3 is 0 Å². The standard InChI is InChI=1S/C21H21ClN2O4S/c1-14(24-29(2,26)27)15-5-7-16(8-6-15)20(25)19-4-3-13-23-21(19)28-18-11-9-17(22)10-12-18/h3-14,20,24-25H,1-2H3/t14-,20+/m0/s1. The zero-order valence-corrected chi connectivity index (χ0v) is 17.5. The summed E-state index contributed by atoms with van der Waals surface area (Å²) in [6, 6.07) is 17.0. The van der Waals surface area contributed by atoms with Crippen molar-refractivity contribution < 1.29 is 18.3 Å². The van der Waals surface area contributed by atoms with E-state index in [1.165, 1.54) is 0 Å². The molecule has 0 unspecified atom stereocenters. The zero-order chi connectivity index (χ0) is 21.0. The lowest BCUT2D eigenvalue weighted by Crippen LogP contribution is -2.25. The van der Waals surface area contributed by atoms with Crippen molar-refractivity contribution in [2.24, 2.45) is 0 Å². The van der Waals surface area contributed by atoms with Gasteiger partial charge in [-0.3, -0.25) is 0 Å². The Balaban J connectivity index is 1.81. The number of rotatable bonds is 7. The third-order valence-electron chi connectivity index (χ3n) is 4.27. The number of aromatic nitrogens is 1. The molecule has 152 valence electrons. The highest BCUT2D eigenvalue weighted by Gasteiger charge is 2.18. The van der Waals surface area contributed by atoms with Gasteiger partial charge in [0.2, 0.25) is 15.9 Å². The van der Waals surface area contributed by atoms with Crippen LogP contribution in [0.5, 0.6) is 11.6 Å². The highest BCUT2D eigenvalue weighted by Crippen LogP contribution is 2.32. The molecule has 1 aromatic heterocycles. The molecular weight excluding hydrogens is 412 g/mol. The van der Waals surface area contributed by atoms with E-state index < -0.39 is 16.1 Å². The van der Waals surface area contributed by atoms with Crippen molar-refractivity contribution in [1.29, 1.82) is 0 Å². The first-order valence-electron chi connectivity index (χ1n) is 8.86. The lowest BCUT2D eigenvalue weighted by Gasteiger charge is -2.17. The first-order chi connectivity index (χ1) is 13.7. The molecule has 0 radical (unpaired) electrons. The van der Waals surface area contributed by atoms with Gasteiger partial charge in [-0.05, 0) is 54.4 Å². The monoisotopic (exact) mass is 432 g/mol. The van der Waals surface area contributed by atoms with Gasteiger partial charge in [0.15, 0.2) is 0 Å². The van der Waals surface area contributed by atoms with Crippen LogP contribution >= 0.6 is 11.6 Å². The first-order valence-corrected chi connectivity index (χ1v) is 11.1. The molecular formula is C21H21ClN2O4S. The molecule has 0 bridgehead atoms. The molecule has 0 spiro atoms. The van der Waals surface area contributed by atoms with Crippen molar-refractivity contribution in [2.75, 3.05) is 6.26 Å². The number of aliphatic hydroxyl groups excluding tert-OH is 1. The molecule has 6 nitrogen and oxygen atoms in total. The van der Waals surface area contributed by atoms with Crippen LogP contribution in [0.3, 0.4) is 0 Å². The molecule has 29 heavy (non-hydrogen) atoms. The van der Waals surface area contributed by atoms with Crippen LogP contribution in [0.15, 0.2) is 66.9 Å². The second kappa shape index (κ2) is 8.92. The minimum atomic E-state index is -3.31. The molecule has 0 aliphatic rings. The average molecular weight is 433 g/mol. The summed E-state index contributed by atoms with van der Waals surface area (Å²) in [4.78, 5) is 4.24. The van der Waals surface area contributed by atoms with Crippen LogP contribution in [0, 0.1) is 0 Å². The Morgan fingerprint density at radius 2 is 1.66 bits per heavy atom. The molecule has 3 rings (SSSR count). The van der Waals surface area contributed by atoms with E-state index in [1.807, 2.05) is 0 Å². The van der Waals surface area contributed by atoms with Crippen molar-refractivity contribution in [3.05, 3.63) is 88.6 Å². The summed E-state index contributed by atoms with van der Waals surface area (Å²) >= 11 is 5.90. The van der Waals surface area contributed by atoms with Gasteiger partial charge in [0, 0.05) is 22.8 Å². The minimum absolute atomic E-state index is 0.290. The highest BCUT2D eigenvalue weighted by atomic mass is 35.5. The Morgan fingerprint density at radius 3 is 2.28 bits per heavy atom. The first kappa shape index (κ1) is 21.3. The topological polar surface area (TPSA) is 88.5 Å². The Labute approximate surface area is 175 Å². The molecule has 0 aliphatic heterocycles. The second-order valence-corrected chi connectivity index (χ2v) is 8.85. The number of benzene rings is 2. The fourth-order valence-electron chi connectivity index (χ4n) is 2.85. The Morgan fingerprint density at radius 1 is 1.03 bits per heavy atom. The van der Waals surface area contributed by atoms with Crippen LogP contribution in [0.25, 0.3) is 0 Å². The van der Waals surface area contributed by atoms with Gasteiger partial charge in [-0.25, -0.2) is 18.1 Å². The number of aliphatic hydroxyl groups is 1. The maximum Gasteiger partial charge on any atom is 0.225 e. The second-order valence-electron chi connectivity index (χ2n) is 6.63. The molecule has 3 aromatic rings. The normalized spacial score (nSPS) is 13.7. The largest absolute Gasteiger partial charge is 0.439 e. The molecule has 0 amide bonds. The third-order valence-corrected chi connectivity index (χ3v) is 5.30. The van der Waals surface area contributed by atoms with Gasteiger partial charge in [-0.2, -0.15) is 0 Å². The van der Waals surface area contributed by atoms with Gasteiger partial charge in [0.1, 0.15) is 11.9 Å². The number of sulfonamides is 1. The number of pyridine rings is 1. The number of halogens is 1. The summed E-state index contributed by atoms with van der Waals surface area (Å²) in [6.45, 7) is 1.76. The molecule has 8 heteroatoms. The van der Waals surface area contributed by atoms with Crippen molar-refractivity contribution in [3.8, 4) is 11.6 Å². The summed E-state index contributed by atoms with van der Waals surface area (Å²) in [5.74, 6) is 0.844. The van der Waals surface area contributed by atoms with Gasteiger partial charge in [-0.15, -0.1) is 0 Å². The number of hydrogen-bond acceptors (Lipinski definition) is 5. The van der Waals surface area contributed by atoms with E-state index in [9.17, 15) is 13.5 Å². The van der Waals surface area contributed by atoms with Crippen LogP contribution in [0.4, 0.5) is 0 Å². The van der Waals surface area contributed by atoms with Crippen molar-refractivity contribution in [2.45, 2.75) is 19.1 Å². The van der Waals surface area contributed by atoms with E-state index >= 15 is 0 Å². The van der Waals surface area contributed by atoms with E-state index in [1.54, 1.807) is 73.8 Å². The van der Waals surface area contributed by atoms with Crippen LogP contribution < -0.4 is 9.46 Å². The minimum Gasteiger partial charge on any atom is -0.439 e. The molecule has 0 aliphatic carbocycles. The Hall–Kier alpha value is -2.45. The smallest absolute Gasteiger partial charge is 0.225 e. The summed E-state index contributed by atoms with van der Waals surface area (Å²) in [6.07, 6.45) is 1.74. The lowest BCUT2D eigenvalue weighted by molar-refractivity contribution is 0.215. The predicted octanol–water partition coefficient (Wildman–Crippen LogP) is 4.22. The maximum absolute atomic E-state index is 11.4. The fraction of sp³-hybridized carbons (Fsp3) is 0.190. The fourth-order valence-corrected chi connectivity index (χ4v) is 3.75. The zero-order valence-electron chi connectivity index (χ0n) is 15.9. The number of nitrogens with zero attached hydrogens (tertiary/aromatic N) is 1. The SMILES string of the molecule is C[C@H](NS(C)(=O)=O)c1ccc([C@@H](O)c2cccnc2Oc2ccc(Cl)cc2)cc1. The van der Waals surface area contributed by atoms with E-state index in [2.05, 4.69) is 9.71 Å². The van der Waals surface area contributed by atoms with Crippen LogP contribution in [-0.4, -0.2) is 24.8 Å². The van der Waals surface area contributed by atoms with Gasteiger partial charge < -0.3 is 9.84 Å². The van der Waals surface area contributed by atoms with E-state index in [0.29, 0.717) is 27.8 Å². The Kier molecular flexibility index (Phi) is 6.54. The summed E-state index contributed by atoms with van der Waals surface area (Å²) in [7, 11) is -3.31. The summed E-state index contributed by atoms with van der Waals surface area (Å²) in [5, 5.41) is 11.5. The van der Waals surface area contributed by atoms with Crippen LogP contribution in [0.2, 0.25) is 5.02 Å². The van der Waals surface area contributed by atoms with Crippen LogP contribution in [0.1, 0.15) is 35.8 Å². The predicted molar refractivity (Wildman–Crippen MR) is 113 cm³/mol. The van der Waals surface area contributed by atoms with Gasteiger partial charge in [-0.1, -0.05) is 35.9 Å². The quantitative estimate of drug-likeness (QED) is 0.583. The van der Waals surface area contributed by atoms with Crippen molar-refractivity contribution in [1.82, 2.24) is 9.71 Å². The third kappa shape index (κ3) is 5.77. The molecule has 2 atom stereocenters. The number of nitrogens with one attached hydrogen (secondary N) is 1. The molecule has 0 saturated heterocycles.